The lowest BCUT2D eigenvalue weighted by atomic mass is 9.99. The number of aromatic nitrogens is 1. The Labute approximate surface area is 143 Å². The fraction of sp³-hybridized carbons (Fsp3) is 0.588. The Bertz CT molecular complexity index is 779. The van der Waals surface area contributed by atoms with E-state index in [0.29, 0.717) is 11.3 Å². The quantitative estimate of drug-likeness (QED) is 0.865. The number of para-hydroxylation sites is 1. The summed E-state index contributed by atoms with van der Waals surface area (Å²) in [5.41, 5.74) is 1.07. The number of piperidine rings is 1. The van der Waals surface area contributed by atoms with Gasteiger partial charge in [-0.2, -0.15) is 0 Å². The van der Waals surface area contributed by atoms with E-state index in [4.69, 9.17) is 4.52 Å². The van der Waals surface area contributed by atoms with Gasteiger partial charge in [-0.15, -0.1) is 0 Å². The molecule has 1 atom stereocenters. The Hall–Kier alpha value is -1.44. The van der Waals surface area contributed by atoms with Crippen molar-refractivity contribution in [1.29, 1.82) is 0 Å². The highest BCUT2D eigenvalue weighted by atomic mass is 32.2. The van der Waals surface area contributed by atoms with Gasteiger partial charge in [0.2, 0.25) is 10.0 Å². The van der Waals surface area contributed by atoms with Gasteiger partial charge in [-0.3, -0.25) is 0 Å². The third kappa shape index (κ3) is 4.34. The predicted molar refractivity (Wildman–Crippen MR) is 94.1 cm³/mol. The molecule has 1 aliphatic rings. The van der Waals surface area contributed by atoms with Crippen LogP contribution in [0.4, 0.5) is 0 Å². The maximum atomic E-state index is 12.4. The molecule has 0 radical (unpaired) electrons. The van der Waals surface area contributed by atoms with Crippen LogP contribution in [0.5, 0.6) is 0 Å². The molecule has 1 unspecified atom stereocenters. The zero-order valence-corrected chi connectivity index (χ0v) is 15.1. The van der Waals surface area contributed by atoms with Gasteiger partial charge in [-0.05, 0) is 50.9 Å². The molecule has 1 fully saturated rings. The van der Waals surface area contributed by atoms with E-state index in [1.54, 1.807) is 6.07 Å². The van der Waals surface area contributed by atoms with Gasteiger partial charge in [0.05, 0.1) is 0 Å². The standard InChI is InChI=1S/C17H25N3O3S/c1-13-7-9-20(10-8-13)11-14(2)19-24(21,22)12-16-15-5-3-4-6-17(15)23-18-16/h3-6,13-14,19H,7-12H2,1-2H3. The van der Waals surface area contributed by atoms with Gasteiger partial charge in [0.25, 0.3) is 0 Å². The molecular weight excluding hydrogens is 326 g/mol. The Morgan fingerprint density at radius 2 is 2.04 bits per heavy atom. The van der Waals surface area contributed by atoms with Crippen molar-refractivity contribution in [3.05, 3.63) is 30.0 Å². The first-order valence-electron chi connectivity index (χ1n) is 8.48. The lowest BCUT2D eigenvalue weighted by Gasteiger charge is -2.32. The summed E-state index contributed by atoms with van der Waals surface area (Å²) in [7, 11) is -3.46. The number of sulfonamides is 1. The number of likely N-dealkylation sites (tertiary alicyclic amines) is 1. The number of rotatable bonds is 6. The van der Waals surface area contributed by atoms with Gasteiger partial charge in [-0.1, -0.05) is 24.2 Å². The molecule has 0 aliphatic carbocycles. The number of benzene rings is 1. The molecule has 6 nitrogen and oxygen atoms in total. The topological polar surface area (TPSA) is 75.4 Å². The third-order valence-electron chi connectivity index (χ3n) is 4.57. The van der Waals surface area contributed by atoms with Crippen LogP contribution < -0.4 is 4.72 Å². The summed E-state index contributed by atoms with van der Waals surface area (Å²) in [6.45, 7) is 7.01. The van der Waals surface area contributed by atoms with Crippen LogP contribution in [0.15, 0.2) is 28.8 Å². The molecule has 1 saturated heterocycles. The first-order chi connectivity index (χ1) is 11.4. The van der Waals surface area contributed by atoms with E-state index in [1.165, 1.54) is 12.8 Å². The summed E-state index contributed by atoms with van der Waals surface area (Å²) in [5.74, 6) is 0.611. The van der Waals surface area contributed by atoms with E-state index in [2.05, 4.69) is 21.7 Å². The zero-order chi connectivity index (χ0) is 17.2. The van der Waals surface area contributed by atoms with Gasteiger partial charge < -0.3 is 9.42 Å². The Balaban J connectivity index is 1.59. The highest BCUT2D eigenvalue weighted by Gasteiger charge is 2.22. The Morgan fingerprint density at radius 1 is 1.33 bits per heavy atom. The monoisotopic (exact) mass is 351 g/mol. The van der Waals surface area contributed by atoms with Gasteiger partial charge >= 0.3 is 0 Å². The number of nitrogens with zero attached hydrogens (tertiary/aromatic N) is 2. The molecule has 0 saturated carbocycles. The van der Waals surface area contributed by atoms with Crippen molar-refractivity contribution in [2.24, 2.45) is 5.92 Å². The van der Waals surface area contributed by atoms with E-state index >= 15 is 0 Å². The molecule has 2 heterocycles. The van der Waals surface area contributed by atoms with Crippen molar-refractivity contribution < 1.29 is 12.9 Å². The summed E-state index contributed by atoms with van der Waals surface area (Å²) in [4.78, 5) is 2.33. The predicted octanol–water partition coefficient (Wildman–Crippen LogP) is 2.37. The minimum Gasteiger partial charge on any atom is -0.356 e. The van der Waals surface area contributed by atoms with Crippen molar-refractivity contribution in [2.45, 2.75) is 38.5 Å². The summed E-state index contributed by atoms with van der Waals surface area (Å²) in [6.07, 6.45) is 2.37. The van der Waals surface area contributed by atoms with Crippen LogP contribution in [-0.4, -0.2) is 44.2 Å². The minimum absolute atomic E-state index is 0.124. The van der Waals surface area contributed by atoms with E-state index in [1.807, 2.05) is 25.1 Å². The molecule has 0 amide bonds. The van der Waals surface area contributed by atoms with Crippen molar-refractivity contribution >= 4 is 21.0 Å². The van der Waals surface area contributed by atoms with Crippen LogP contribution in [0.1, 0.15) is 32.4 Å². The SMILES string of the molecule is CC1CCN(CC(C)NS(=O)(=O)Cc2noc3ccccc23)CC1. The number of hydrogen-bond acceptors (Lipinski definition) is 5. The molecule has 1 N–H and O–H groups in total. The van der Waals surface area contributed by atoms with Gasteiger partial charge in [0.15, 0.2) is 5.58 Å². The second-order valence-corrected chi connectivity index (χ2v) is 8.64. The third-order valence-corrected chi connectivity index (χ3v) is 5.98. The molecule has 3 rings (SSSR count). The van der Waals surface area contributed by atoms with Crippen LogP contribution in [0.25, 0.3) is 11.0 Å². The smallest absolute Gasteiger partial charge is 0.217 e. The molecule has 2 aromatic rings. The second-order valence-electron chi connectivity index (χ2n) is 6.89. The van der Waals surface area contributed by atoms with Gasteiger partial charge in [0, 0.05) is 18.0 Å². The molecule has 24 heavy (non-hydrogen) atoms. The Kier molecular flexibility index (Phi) is 5.22. The van der Waals surface area contributed by atoms with E-state index in [0.717, 1.165) is 30.9 Å². The normalized spacial score (nSPS) is 18.9. The fourth-order valence-corrected chi connectivity index (χ4v) is 4.58. The number of hydrogen-bond donors (Lipinski definition) is 1. The van der Waals surface area contributed by atoms with Crippen LogP contribution in [0.3, 0.4) is 0 Å². The van der Waals surface area contributed by atoms with Crippen molar-refractivity contribution in [1.82, 2.24) is 14.8 Å². The highest BCUT2D eigenvalue weighted by Crippen LogP contribution is 2.20. The fourth-order valence-electron chi connectivity index (χ4n) is 3.24. The van der Waals surface area contributed by atoms with Crippen LogP contribution in [0.2, 0.25) is 0 Å². The minimum atomic E-state index is -3.46. The van der Waals surface area contributed by atoms with E-state index in [-0.39, 0.29) is 11.8 Å². The Morgan fingerprint density at radius 3 is 2.79 bits per heavy atom. The first-order valence-corrected chi connectivity index (χ1v) is 10.1. The first kappa shape index (κ1) is 17.4. The van der Waals surface area contributed by atoms with E-state index < -0.39 is 10.0 Å². The maximum absolute atomic E-state index is 12.4. The average Bonchev–Trinajstić information content (AvgIpc) is 2.91. The van der Waals surface area contributed by atoms with Crippen molar-refractivity contribution in [3.8, 4) is 0 Å². The molecule has 132 valence electrons. The van der Waals surface area contributed by atoms with Crippen LogP contribution in [-0.2, 0) is 15.8 Å². The molecule has 1 aromatic heterocycles. The summed E-state index contributed by atoms with van der Waals surface area (Å²) in [5, 5.41) is 4.66. The summed E-state index contributed by atoms with van der Waals surface area (Å²) in [6, 6.07) is 7.18. The summed E-state index contributed by atoms with van der Waals surface area (Å²) < 4.78 is 32.8. The summed E-state index contributed by atoms with van der Waals surface area (Å²) >= 11 is 0. The van der Waals surface area contributed by atoms with Gasteiger partial charge in [0.1, 0.15) is 11.4 Å². The largest absolute Gasteiger partial charge is 0.356 e. The maximum Gasteiger partial charge on any atom is 0.217 e. The lowest BCUT2D eigenvalue weighted by Crippen LogP contribution is -2.44. The molecule has 0 bridgehead atoms. The molecule has 1 aliphatic heterocycles. The molecule has 1 aromatic carbocycles. The lowest BCUT2D eigenvalue weighted by molar-refractivity contribution is 0.182. The molecular formula is C17H25N3O3S. The van der Waals surface area contributed by atoms with Gasteiger partial charge in [-0.25, -0.2) is 13.1 Å². The van der Waals surface area contributed by atoms with Crippen molar-refractivity contribution in [2.75, 3.05) is 19.6 Å². The average molecular weight is 351 g/mol. The second kappa shape index (κ2) is 7.21. The van der Waals surface area contributed by atoms with Crippen molar-refractivity contribution in [3.63, 3.8) is 0 Å². The number of fused-ring (bicyclic) bond motifs is 1. The van der Waals surface area contributed by atoms with Crippen LogP contribution >= 0.6 is 0 Å². The van der Waals surface area contributed by atoms with Crippen LogP contribution in [0, 0.1) is 5.92 Å². The zero-order valence-electron chi connectivity index (χ0n) is 14.2. The molecule has 0 spiro atoms. The molecule has 7 heteroatoms. The number of nitrogens with one attached hydrogen (secondary N) is 1. The van der Waals surface area contributed by atoms with E-state index in [9.17, 15) is 8.42 Å². The highest BCUT2D eigenvalue weighted by molar-refractivity contribution is 7.88.